The first-order valence-electron chi connectivity index (χ1n) is 9.89. The lowest BCUT2D eigenvalue weighted by molar-refractivity contribution is -0.136. The molecule has 1 aliphatic carbocycles. The maximum Gasteiger partial charge on any atom is 0.272 e. The maximum absolute atomic E-state index is 12.9. The fraction of sp³-hybridized carbons (Fsp3) is 0.429. The number of nitrogens with zero attached hydrogens (tertiary/aromatic N) is 2. The van der Waals surface area contributed by atoms with E-state index in [2.05, 4.69) is 27.7 Å². The van der Waals surface area contributed by atoms with Crippen molar-refractivity contribution in [3.05, 3.63) is 52.5 Å². The summed E-state index contributed by atoms with van der Waals surface area (Å²) in [6, 6.07) is 7.15. The molecule has 5 rings (SSSR count). The molecule has 3 heterocycles. The highest BCUT2D eigenvalue weighted by Gasteiger charge is 2.50. The molecule has 28 heavy (non-hydrogen) atoms. The van der Waals surface area contributed by atoms with Gasteiger partial charge in [0.2, 0.25) is 5.91 Å². The Balaban J connectivity index is 1.36. The number of benzene rings is 1. The largest absolute Gasteiger partial charge is 0.346 e. The summed E-state index contributed by atoms with van der Waals surface area (Å²) < 4.78 is 0. The van der Waals surface area contributed by atoms with Crippen LogP contribution in [0.3, 0.4) is 0 Å². The minimum absolute atomic E-state index is 0.0519. The van der Waals surface area contributed by atoms with Crippen molar-refractivity contribution >= 4 is 22.6 Å². The van der Waals surface area contributed by atoms with Gasteiger partial charge in [-0.3, -0.25) is 14.4 Å². The predicted molar refractivity (Wildman–Crippen MR) is 104 cm³/mol. The molecule has 2 N–H and O–H groups in total. The number of amides is 2. The molecule has 2 amide bonds. The molecule has 3 aliphatic rings. The van der Waals surface area contributed by atoms with E-state index in [1.165, 1.54) is 0 Å². The summed E-state index contributed by atoms with van der Waals surface area (Å²) in [6.45, 7) is 0. The van der Waals surface area contributed by atoms with Crippen LogP contribution < -0.4 is 10.9 Å². The number of fused-ring (bicyclic) bond motifs is 3. The Morgan fingerprint density at radius 2 is 1.86 bits per heavy atom. The van der Waals surface area contributed by atoms with Crippen LogP contribution in [0.25, 0.3) is 10.8 Å². The van der Waals surface area contributed by atoms with E-state index >= 15 is 0 Å². The molecule has 1 aromatic carbocycles. The van der Waals surface area contributed by atoms with E-state index in [1.54, 1.807) is 24.3 Å². The van der Waals surface area contributed by atoms with Crippen molar-refractivity contribution in [2.45, 2.75) is 50.2 Å². The fourth-order valence-electron chi connectivity index (χ4n) is 5.04. The predicted octanol–water partition coefficient (Wildman–Crippen LogP) is 1.75. The third-order valence-electron chi connectivity index (χ3n) is 6.38. The van der Waals surface area contributed by atoms with Gasteiger partial charge in [0.1, 0.15) is 0 Å². The number of allylic oxidation sites excluding steroid dienone is 2. The molecular weight excluding hydrogens is 356 g/mol. The molecule has 2 fully saturated rings. The highest BCUT2D eigenvalue weighted by Crippen LogP contribution is 2.40. The van der Waals surface area contributed by atoms with Crippen LogP contribution in [0.2, 0.25) is 0 Å². The lowest BCUT2D eigenvalue weighted by Crippen LogP contribution is -2.46. The summed E-state index contributed by atoms with van der Waals surface area (Å²) in [6.07, 6.45) is 8.49. The zero-order chi connectivity index (χ0) is 19.3. The van der Waals surface area contributed by atoms with E-state index in [0.29, 0.717) is 10.8 Å². The topological polar surface area (TPSA) is 95.2 Å². The van der Waals surface area contributed by atoms with Crippen LogP contribution >= 0.6 is 0 Å². The van der Waals surface area contributed by atoms with Crippen LogP contribution in [0.15, 0.2) is 41.2 Å². The van der Waals surface area contributed by atoms with E-state index in [9.17, 15) is 14.4 Å². The number of nitrogens with one attached hydrogen (secondary N) is 2. The summed E-state index contributed by atoms with van der Waals surface area (Å²) in [5.41, 5.74) is -0.0927. The molecule has 0 spiro atoms. The lowest BCUT2D eigenvalue weighted by atomic mass is 9.95. The van der Waals surface area contributed by atoms with Gasteiger partial charge in [0, 0.05) is 17.3 Å². The van der Waals surface area contributed by atoms with Gasteiger partial charge in [-0.2, -0.15) is 5.10 Å². The molecular formula is C21H22N4O3. The third kappa shape index (κ3) is 2.65. The molecule has 3 atom stereocenters. The van der Waals surface area contributed by atoms with E-state index in [1.807, 2.05) is 4.90 Å². The Labute approximate surface area is 161 Å². The zero-order valence-corrected chi connectivity index (χ0v) is 15.4. The molecule has 2 aliphatic heterocycles. The Bertz CT molecular complexity index is 1040. The van der Waals surface area contributed by atoms with E-state index in [0.717, 1.165) is 32.1 Å². The van der Waals surface area contributed by atoms with Crippen molar-refractivity contribution in [3.8, 4) is 0 Å². The van der Waals surface area contributed by atoms with E-state index in [-0.39, 0.29) is 47.1 Å². The number of hydrogen-bond acceptors (Lipinski definition) is 4. The number of carbonyl (C=O) groups excluding carboxylic acids is 2. The summed E-state index contributed by atoms with van der Waals surface area (Å²) in [5, 5.41) is 10.5. The minimum atomic E-state index is -0.311. The summed E-state index contributed by atoms with van der Waals surface area (Å²) in [5.74, 6) is -0.0239. The highest BCUT2D eigenvalue weighted by molar-refractivity contribution is 6.04. The average Bonchev–Trinajstić information content (AvgIpc) is 3.44. The fourth-order valence-corrected chi connectivity index (χ4v) is 5.04. The van der Waals surface area contributed by atoms with Gasteiger partial charge in [-0.15, -0.1) is 0 Å². The molecule has 7 heteroatoms. The maximum atomic E-state index is 12.9. The monoisotopic (exact) mass is 378 g/mol. The van der Waals surface area contributed by atoms with Crippen LogP contribution in [-0.2, 0) is 4.79 Å². The van der Waals surface area contributed by atoms with Crippen molar-refractivity contribution in [2.24, 2.45) is 5.92 Å². The molecule has 2 saturated heterocycles. The zero-order valence-electron chi connectivity index (χ0n) is 15.4. The molecule has 7 nitrogen and oxygen atoms in total. The first-order valence-corrected chi connectivity index (χ1v) is 9.89. The van der Waals surface area contributed by atoms with Crippen molar-refractivity contribution in [3.63, 3.8) is 0 Å². The number of H-pyrrole nitrogens is 1. The number of rotatable bonds is 3. The lowest BCUT2D eigenvalue weighted by Gasteiger charge is -2.27. The second-order valence-corrected chi connectivity index (χ2v) is 7.95. The van der Waals surface area contributed by atoms with E-state index < -0.39 is 0 Å². The quantitative estimate of drug-likeness (QED) is 0.796. The van der Waals surface area contributed by atoms with Crippen LogP contribution in [0.1, 0.15) is 42.6 Å². The summed E-state index contributed by atoms with van der Waals surface area (Å²) in [7, 11) is 0. The molecule has 0 unspecified atom stereocenters. The Kier molecular flexibility index (Phi) is 4.03. The normalized spacial score (nSPS) is 26.3. The molecule has 0 saturated carbocycles. The van der Waals surface area contributed by atoms with Gasteiger partial charge in [0.15, 0.2) is 5.69 Å². The molecule has 2 aromatic rings. The van der Waals surface area contributed by atoms with Crippen LogP contribution in [0.5, 0.6) is 0 Å². The van der Waals surface area contributed by atoms with Gasteiger partial charge in [-0.05, 0) is 38.2 Å². The average molecular weight is 378 g/mol. The SMILES string of the molecule is O=C(N[C@@H]1C[C@@H]2CC[C@H]1N2C(=O)C1CC=CC1)c1n[nH]c(=O)c2ccccc12. The van der Waals surface area contributed by atoms with Crippen LogP contribution in [0.4, 0.5) is 0 Å². The van der Waals surface area contributed by atoms with Crippen LogP contribution in [0, 0.1) is 5.92 Å². The summed E-state index contributed by atoms with van der Waals surface area (Å²) in [4.78, 5) is 39.8. The van der Waals surface area contributed by atoms with Crippen molar-refractivity contribution in [1.82, 2.24) is 20.4 Å². The molecule has 1 aromatic heterocycles. The number of carbonyl (C=O) groups is 2. The van der Waals surface area contributed by atoms with Gasteiger partial charge >= 0.3 is 0 Å². The Hall–Kier alpha value is -2.96. The third-order valence-corrected chi connectivity index (χ3v) is 6.38. The second kappa shape index (κ2) is 6.58. The van der Waals surface area contributed by atoms with Crippen molar-refractivity contribution in [2.75, 3.05) is 0 Å². The second-order valence-electron chi connectivity index (χ2n) is 7.95. The molecule has 144 valence electrons. The first-order chi connectivity index (χ1) is 13.6. The smallest absolute Gasteiger partial charge is 0.272 e. The van der Waals surface area contributed by atoms with Gasteiger partial charge in [-0.25, -0.2) is 5.10 Å². The standard InChI is InChI=1S/C21H22N4O3/c26-19-15-8-4-3-7-14(15)18(23-24-19)20(27)22-16-11-13-9-10-17(16)25(13)21(28)12-5-1-2-6-12/h1-4,7-8,12-13,16-17H,5-6,9-11H2,(H,22,27)(H,24,26)/t13-,16+,17+/m0/s1. The molecule has 0 radical (unpaired) electrons. The molecule has 2 bridgehead atoms. The van der Waals surface area contributed by atoms with E-state index in [4.69, 9.17) is 0 Å². The Morgan fingerprint density at radius 3 is 2.64 bits per heavy atom. The Morgan fingerprint density at radius 1 is 1.11 bits per heavy atom. The van der Waals surface area contributed by atoms with Crippen molar-refractivity contribution < 1.29 is 9.59 Å². The van der Waals surface area contributed by atoms with Gasteiger partial charge in [0.05, 0.1) is 17.5 Å². The first kappa shape index (κ1) is 17.2. The number of aromatic amines is 1. The van der Waals surface area contributed by atoms with Gasteiger partial charge < -0.3 is 10.2 Å². The van der Waals surface area contributed by atoms with Gasteiger partial charge in [0.25, 0.3) is 11.5 Å². The minimum Gasteiger partial charge on any atom is -0.346 e. The van der Waals surface area contributed by atoms with Gasteiger partial charge in [-0.1, -0.05) is 30.4 Å². The summed E-state index contributed by atoms with van der Waals surface area (Å²) >= 11 is 0. The van der Waals surface area contributed by atoms with Crippen molar-refractivity contribution in [1.29, 1.82) is 0 Å². The van der Waals surface area contributed by atoms with Crippen LogP contribution in [-0.4, -0.2) is 45.0 Å². The highest BCUT2D eigenvalue weighted by atomic mass is 16.2. The number of aromatic nitrogens is 2. The number of hydrogen-bond donors (Lipinski definition) is 2.